The summed E-state index contributed by atoms with van der Waals surface area (Å²) in [4.78, 5) is 20.6. The third-order valence-electron chi connectivity index (χ3n) is 6.03. The van der Waals surface area contributed by atoms with E-state index in [1.165, 1.54) is 44.9 Å². The molecule has 2 fully saturated rings. The van der Waals surface area contributed by atoms with E-state index in [1.54, 1.807) is 4.90 Å². The molecule has 2 N–H and O–H groups in total. The fraction of sp³-hybridized carbons (Fsp3) is 0.905. The summed E-state index contributed by atoms with van der Waals surface area (Å²) in [5, 5.41) is 6.84. The number of nitrogens with zero attached hydrogens (tertiary/aromatic N) is 3. The van der Waals surface area contributed by atoms with Crippen LogP contribution in [0.2, 0.25) is 0 Å². The first-order valence-corrected chi connectivity index (χ1v) is 11.0. The van der Waals surface area contributed by atoms with E-state index < -0.39 is 0 Å². The Kier molecular flexibility index (Phi) is 13.1. The zero-order valence-corrected chi connectivity index (χ0v) is 20.5. The number of hydrogen-bond acceptors (Lipinski definition) is 3. The molecule has 164 valence electrons. The number of likely N-dealkylation sites (N-methyl/N-ethyl adjacent to an activating group) is 1. The van der Waals surface area contributed by atoms with Crippen molar-refractivity contribution in [2.75, 3.05) is 47.3 Å². The van der Waals surface area contributed by atoms with Crippen LogP contribution >= 0.6 is 24.0 Å². The van der Waals surface area contributed by atoms with Gasteiger partial charge in [-0.05, 0) is 38.1 Å². The number of carbonyl (C=O) groups is 1. The summed E-state index contributed by atoms with van der Waals surface area (Å²) in [6.45, 7) is 3.90. The van der Waals surface area contributed by atoms with Gasteiger partial charge in [-0.3, -0.25) is 14.7 Å². The van der Waals surface area contributed by atoms with Gasteiger partial charge in [0.15, 0.2) is 5.96 Å². The highest BCUT2D eigenvalue weighted by Gasteiger charge is 2.30. The van der Waals surface area contributed by atoms with Crippen LogP contribution in [-0.4, -0.2) is 75.0 Å². The van der Waals surface area contributed by atoms with E-state index in [0.717, 1.165) is 57.3 Å². The number of rotatable bonds is 10. The smallest absolute Gasteiger partial charge is 0.239 e. The Bertz CT molecular complexity index is 466. The Morgan fingerprint density at radius 1 is 1.04 bits per heavy atom. The highest BCUT2D eigenvalue weighted by Crippen LogP contribution is 2.28. The molecule has 0 aromatic carbocycles. The Hall–Kier alpha value is -0.570. The van der Waals surface area contributed by atoms with Crippen molar-refractivity contribution in [1.82, 2.24) is 20.4 Å². The van der Waals surface area contributed by atoms with Gasteiger partial charge in [0.05, 0.1) is 6.04 Å². The number of unbranched alkanes of at least 4 members (excludes halogenated alkanes) is 1. The largest absolute Gasteiger partial charge is 0.356 e. The number of hydrogen-bond donors (Lipinski definition) is 2. The number of amides is 1. The number of nitrogens with one attached hydrogen (secondary N) is 2. The van der Waals surface area contributed by atoms with Crippen molar-refractivity contribution in [2.45, 2.75) is 70.3 Å². The topological polar surface area (TPSA) is 60.0 Å². The zero-order valence-electron chi connectivity index (χ0n) is 18.2. The molecule has 2 rings (SSSR count). The second-order valence-electron chi connectivity index (χ2n) is 8.35. The Morgan fingerprint density at radius 2 is 1.71 bits per heavy atom. The van der Waals surface area contributed by atoms with Crippen LogP contribution in [-0.2, 0) is 4.79 Å². The van der Waals surface area contributed by atoms with Gasteiger partial charge in [0.25, 0.3) is 0 Å². The predicted molar refractivity (Wildman–Crippen MR) is 128 cm³/mol. The van der Waals surface area contributed by atoms with Crippen LogP contribution in [0.4, 0.5) is 0 Å². The van der Waals surface area contributed by atoms with Crippen LogP contribution in [0, 0.1) is 5.92 Å². The summed E-state index contributed by atoms with van der Waals surface area (Å²) in [6.07, 6.45) is 12.9. The van der Waals surface area contributed by atoms with E-state index in [-0.39, 0.29) is 35.9 Å². The summed E-state index contributed by atoms with van der Waals surface area (Å²) < 4.78 is 0. The molecule has 0 aromatic rings. The summed E-state index contributed by atoms with van der Waals surface area (Å²) in [6, 6.07) is 0.0808. The SMILES string of the molecule is CN=C(NCCCCC1CCCC1)NCCCN1CCCC1C(=O)N(C)C.I. The van der Waals surface area contributed by atoms with Crippen LogP contribution in [0.25, 0.3) is 0 Å². The molecule has 7 heteroatoms. The molecule has 0 bridgehead atoms. The molecular formula is C21H42IN5O. The Morgan fingerprint density at radius 3 is 2.36 bits per heavy atom. The minimum absolute atomic E-state index is 0. The Labute approximate surface area is 189 Å². The van der Waals surface area contributed by atoms with Gasteiger partial charge >= 0.3 is 0 Å². The van der Waals surface area contributed by atoms with E-state index in [1.807, 2.05) is 21.1 Å². The molecule has 1 unspecified atom stereocenters. The number of aliphatic imine (C=N–C) groups is 1. The number of guanidine groups is 1. The van der Waals surface area contributed by atoms with E-state index in [2.05, 4.69) is 20.5 Å². The van der Waals surface area contributed by atoms with Crippen molar-refractivity contribution >= 4 is 35.8 Å². The molecule has 0 radical (unpaired) electrons. The fourth-order valence-corrected chi connectivity index (χ4v) is 4.44. The minimum Gasteiger partial charge on any atom is -0.356 e. The molecule has 1 atom stereocenters. The minimum atomic E-state index is 0. The lowest BCUT2D eigenvalue weighted by atomic mass is 10.0. The first-order valence-electron chi connectivity index (χ1n) is 11.0. The molecule has 28 heavy (non-hydrogen) atoms. The third-order valence-corrected chi connectivity index (χ3v) is 6.03. The van der Waals surface area contributed by atoms with Gasteiger partial charge in [0.2, 0.25) is 5.91 Å². The standard InChI is InChI=1S/C21H41N5O.HI/c1-22-21(23-14-7-6-12-18-10-4-5-11-18)24-15-9-17-26-16-8-13-19(26)20(27)25(2)3;/h18-19H,4-17H2,1-3H3,(H2,22,23,24);1H. The van der Waals surface area contributed by atoms with Crippen LogP contribution < -0.4 is 10.6 Å². The van der Waals surface area contributed by atoms with E-state index in [0.29, 0.717) is 0 Å². The number of halogens is 1. The number of likely N-dealkylation sites (tertiary alicyclic amines) is 1. The second kappa shape index (κ2) is 14.4. The Balaban J connectivity index is 0.00000392. The molecule has 1 aliphatic heterocycles. The molecule has 1 heterocycles. The molecule has 0 aromatic heterocycles. The van der Waals surface area contributed by atoms with Crippen LogP contribution in [0.1, 0.15) is 64.2 Å². The molecule has 1 saturated carbocycles. The zero-order chi connectivity index (χ0) is 19.5. The highest BCUT2D eigenvalue weighted by molar-refractivity contribution is 14.0. The van der Waals surface area contributed by atoms with Gasteiger partial charge in [0.1, 0.15) is 0 Å². The highest BCUT2D eigenvalue weighted by atomic mass is 127. The first kappa shape index (κ1) is 25.5. The maximum Gasteiger partial charge on any atom is 0.239 e. The molecule has 1 saturated heterocycles. The lowest BCUT2D eigenvalue weighted by Crippen LogP contribution is -2.44. The van der Waals surface area contributed by atoms with Crippen molar-refractivity contribution in [2.24, 2.45) is 10.9 Å². The second-order valence-corrected chi connectivity index (χ2v) is 8.35. The quantitative estimate of drug-likeness (QED) is 0.207. The van der Waals surface area contributed by atoms with Crippen molar-refractivity contribution in [3.63, 3.8) is 0 Å². The van der Waals surface area contributed by atoms with E-state index in [9.17, 15) is 4.79 Å². The molecule has 0 spiro atoms. The summed E-state index contributed by atoms with van der Waals surface area (Å²) >= 11 is 0. The van der Waals surface area contributed by atoms with Gasteiger partial charge in [-0.25, -0.2) is 0 Å². The summed E-state index contributed by atoms with van der Waals surface area (Å²) in [7, 11) is 5.54. The van der Waals surface area contributed by atoms with Crippen molar-refractivity contribution in [3.05, 3.63) is 0 Å². The molecule has 1 aliphatic carbocycles. The normalized spacial score (nSPS) is 20.8. The lowest BCUT2D eigenvalue weighted by Gasteiger charge is -2.26. The maximum atomic E-state index is 12.2. The molecular weight excluding hydrogens is 465 g/mol. The summed E-state index contributed by atoms with van der Waals surface area (Å²) in [5.41, 5.74) is 0. The van der Waals surface area contributed by atoms with Crippen molar-refractivity contribution < 1.29 is 4.79 Å². The molecule has 2 aliphatic rings. The average molecular weight is 508 g/mol. The van der Waals surface area contributed by atoms with Crippen molar-refractivity contribution in [3.8, 4) is 0 Å². The van der Waals surface area contributed by atoms with Crippen LogP contribution in [0.5, 0.6) is 0 Å². The first-order chi connectivity index (χ1) is 13.1. The molecule has 6 nitrogen and oxygen atoms in total. The lowest BCUT2D eigenvalue weighted by molar-refractivity contribution is -0.133. The van der Waals surface area contributed by atoms with Crippen LogP contribution in [0.15, 0.2) is 4.99 Å². The van der Waals surface area contributed by atoms with Crippen molar-refractivity contribution in [1.29, 1.82) is 0 Å². The number of carbonyl (C=O) groups excluding carboxylic acids is 1. The van der Waals surface area contributed by atoms with E-state index >= 15 is 0 Å². The van der Waals surface area contributed by atoms with Gasteiger partial charge in [0, 0.05) is 40.8 Å². The molecule has 1 amide bonds. The third kappa shape index (κ3) is 8.84. The summed E-state index contributed by atoms with van der Waals surface area (Å²) in [5.74, 6) is 2.14. The predicted octanol–water partition coefficient (Wildman–Crippen LogP) is 3.07. The maximum absolute atomic E-state index is 12.2. The van der Waals surface area contributed by atoms with Gasteiger partial charge in [-0.1, -0.05) is 38.5 Å². The monoisotopic (exact) mass is 507 g/mol. The van der Waals surface area contributed by atoms with Gasteiger partial charge in [-0.2, -0.15) is 0 Å². The van der Waals surface area contributed by atoms with Crippen LogP contribution in [0.3, 0.4) is 0 Å². The average Bonchev–Trinajstić information content (AvgIpc) is 3.34. The van der Waals surface area contributed by atoms with E-state index in [4.69, 9.17) is 0 Å². The van der Waals surface area contributed by atoms with Gasteiger partial charge < -0.3 is 15.5 Å². The fourth-order valence-electron chi connectivity index (χ4n) is 4.44. The van der Waals surface area contributed by atoms with Gasteiger partial charge in [-0.15, -0.1) is 24.0 Å².